The molecule has 1 aromatic rings. The minimum Gasteiger partial charge on any atom is -0.335 e. The molecule has 0 spiro atoms. The quantitative estimate of drug-likeness (QED) is 0.488. The first-order chi connectivity index (χ1) is 9.59. The van der Waals surface area contributed by atoms with Crippen LogP contribution in [0.1, 0.15) is 66.0 Å². The van der Waals surface area contributed by atoms with Crippen LogP contribution in [0.2, 0.25) is 0 Å². The molecular formula is C20H35NU. The first-order valence-corrected chi connectivity index (χ1v) is 7.95. The zero-order chi connectivity index (χ0) is 16.5. The summed E-state index contributed by atoms with van der Waals surface area (Å²) >= 11 is 0. The third kappa shape index (κ3) is 13.7. The first kappa shape index (κ1) is 24.4. The summed E-state index contributed by atoms with van der Waals surface area (Å²) in [7, 11) is 0. The molecule has 0 heterocycles. The minimum atomic E-state index is 0. The topological polar surface area (TPSA) is 12.0 Å². The van der Waals surface area contributed by atoms with Gasteiger partial charge in [0.15, 0.2) is 0 Å². The van der Waals surface area contributed by atoms with Gasteiger partial charge in [0, 0.05) is 13.1 Å². The molecule has 0 radical (unpaired) electrons. The molecular weight excluding hydrogens is 492 g/mol. The van der Waals surface area contributed by atoms with Gasteiger partial charge in [-0.3, -0.25) is 0 Å². The molecule has 0 bridgehead atoms. The van der Waals surface area contributed by atoms with Crippen molar-refractivity contribution in [1.29, 1.82) is 0 Å². The Morgan fingerprint density at radius 3 is 1.86 bits per heavy atom. The average Bonchev–Trinajstić information content (AvgIpc) is 2.29. The van der Waals surface area contributed by atoms with E-state index in [0.29, 0.717) is 10.8 Å². The van der Waals surface area contributed by atoms with E-state index in [1.54, 1.807) is 0 Å². The summed E-state index contributed by atoms with van der Waals surface area (Å²) in [5, 5.41) is 3.56. The summed E-state index contributed by atoms with van der Waals surface area (Å²) < 4.78 is 0. The fraction of sp³-hybridized carbons (Fsp3) is 0.600. The molecule has 0 saturated heterocycles. The zero-order valence-corrected chi connectivity index (χ0v) is 19.9. The first-order valence-electron chi connectivity index (χ1n) is 7.95. The number of hydrogen-bond acceptors (Lipinski definition) is 1. The largest absolute Gasteiger partial charge is 2.00 e. The molecule has 2 heteroatoms. The predicted molar refractivity (Wildman–Crippen MR) is 96.1 cm³/mol. The van der Waals surface area contributed by atoms with Gasteiger partial charge in [-0.25, -0.2) is 0 Å². The van der Waals surface area contributed by atoms with Gasteiger partial charge >= 0.3 is 31.1 Å². The number of rotatable bonds is 5. The zero-order valence-electron chi connectivity index (χ0n) is 15.7. The SMILES string of the molecule is C[CH-]C.[CH2-]c1ccc(CNCC(C)(C)CC(C)(C)C)cc1.[U+2]. The molecule has 1 rings (SSSR count). The van der Waals surface area contributed by atoms with Gasteiger partial charge < -0.3 is 11.7 Å². The van der Waals surface area contributed by atoms with Crippen molar-refractivity contribution in [3.05, 3.63) is 48.7 Å². The Kier molecular flexibility index (Phi) is 12.9. The van der Waals surface area contributed by atoms with Crippen molar-refractivity contribution in [1.82, 2.24) is 5.32 Å². The molecule has 124 valence electrons. The van der Waals surface area contributed by atoms with Gasteiger partial charge in [0.1, 0.15) is 0 Å². The maximum atomic E-state index is 3.90. The van der Waals surface area contributed by atoms with Crippen molar-refractivity contribution in [2.75, 3.05) is 6.54 Å². The molecule has 0 aliphatic carbocycles. The van der Waals surface area contributed by atoms with Gasteiger partial charge in [-0.15, -0.1) is 12.1 Å². The average molecular weight is 528 g/mol. The van der Waals surface area contributed by atoms with E-state index in [4.69, 9.17) is 0 Å². The van der Waals surface area contributed by atoms with Gasteiger partial charge in [0.05, 0.1) is 0 Å². The summed E-state index contributed by atoms with van der Waals surface area (Å²) in [4.78, 5) is 0. The monoisotopic (exact) mass is 527 g/mol. The van der Waals surface area contributed by atoms with Gasteiger partial charge in [-0.05, 0) is 17.3 Å². The third-order valence-electron chi connectivity index (χ3n) is 2.96. The van der Waals surface area contributed by atoms with Crippen molar-refractivity contribution in [2.24, 2.45) is 10.8 Å². The minimum absolute atomic E-state index is 0. The van der Waals surface area contributed by atoms with Crippen LogP contribution in [-0.2, 0) is 6.54 Å². The van der Waals surface area contributed by atoms with Crippen LogP contribution in [-0.4, -0.2) is 6.54 Å². The van der Waals surface area contributed by atoms with E-state index in [9.17, 15) is 0 Å². The van der Waals surface area contributed by atoms with Gasteiger partial charge in [-0.2, -0.15) is 38.5 Å². The summed E-state index contributed by atoms with van der Waals surface area (Å²) in [5.41, 5.74) is 3.13. The molecule has 0 aliphatic rings. The van der Waals surface area contributed by atoms with Crippen molar-refractivity contribution < 1.29 is 31.1 Å². The molecule has 0 aromatic heterocycles. The van der Waals surface area contributed by atoms with E-state index in [1.165, 1.54) is 12.0 Å². The van der Waals surface area contributed by atoms with Crippen LogP contribution >= 0.6 is 0 Å². The second-order valence-corrected chi connectivity index (χ2v) is 7.90. The Balaban J connectivity index is 0. The maximum absolute atomic E-state index is 3.90. The van der Waals surface area contributed by atoms with E-state index < -0.39 is 0 Å². The summed E-state index contributed by atoms with van der Waals surface area (Å²) in [6.07, 6.45) is 3.23. The van der Waals surface area contributed by atoms with Gasteiger partial charge in [0.25, 0.3) is 0 Å². The number of hydrogen-bond donors (Lipinski definition) is 1. The Hall–Kier alpha value is 0.102. The molecule has 0 unspecified atom stereocenters. The second kappa shape index (κ2) is 11.6. The Morgan fingerprint density at radius 1 is 1.00 bits per heavy atom. The van der Waals surface area contributed by atoms with Crippen molar-refractivity contribution >= 4 is 0 Å². The van der Waals surface area contributed by atoms with E-state index in [2.05, 4.69) is 71.1 Å². The smallest absolute Gasteiger partial charge is 0.335 e. The van der Waals surface area contributed by atoms with Crippen LogP contribution in [0.4, 0.5) is 0 Å². The standard InChI is InChI=1S/C17H28N.C3H7.U/c1-14-7-9-15(10-8-14)11-18-13-17(5,6)12-16(2,3)4;1-3-2;/h7-10,18H,1,11-13H2,2-6H3;3H,1-2H3;/q2*-1;+2. The van der Waals surface area contributed by atoms with Gasteiger partial charge in [-0.1, -0.05) is 40.2 Å². The van der Waals surface area contributed by atoms with Crippen LogP contribution in [0.25, 0.3) is 0 Å². The third-order valence-corrected chi connectivity index (χ3v) is 2.96. The predicted octanol–water partition coefficient (Wildman–Crippen LogP) is 5.65. The van der Waals surface area contributed by atoms with Gasteiger partial charge in [0.2, 0.25) is 0 Å². The van der Waals surface area contributed by atoms with Crippen molar-refractivity contribution in [3.8, 4) is 0 Å². The van der Waals surface area contributed by atoms with Crippen molar-refractivity contribution in [2.45, 2.75) is 61.4 Å². The fourth-order valence-corrected chi connectivity index (χ4v) is 2.70. The molecule has 0 atom stereocenters. The summed E-state index contributed by atoms with van der Waals surface area (Å²) in [5.74, 6) is 0. The van der Waals surface area contributed by atoms with E-state index >= 15 is 0 Å². The Bertz CT molecular complexity index is 374. The molecule has 1 N–H and O–H groups in total. The van der Waals surface area contributed by atoms with Crippen LogP contribution in [0.5, 0.6) is 0 Å². The van der Waals surface area contributed by atoms with Crippen LogP contribution in [0.3, 0.4) is 0 Å². The molecule has 0 saturated carbocycles. The number of benzene rings is 1. The van der Waals surface area contributed by atoms with Crippen molar-refractivity contribution in [3.63, 3.8) is 0 Å². The fourth-order valence-electron chi connectivity index (χ4n) is 2.70. The molecule has 22 heavy (non-hydrogen) atoms. The number of nitrogens with one attached hydrogen (secondary N) is 1. The second-order valence-electron chi connectivity index (χ2n) is 7.90. The Labute approximate surface area is 163 Å². The molecule has 0 fully saturated rings. The Morgan fingerprint density at radius 2 is 1.45 bits per heavy atom. The molecule has 0 aliphatic heterocycles. The molecule has 0 amide bonds. The van der Waals surface area contributed by atoms with Crippen LogP contribution < -0.4 is 5.32 Å². The molecule has 1 aromatic carbocycles. The summed E-state index contributed by atoms with van der Waals surface area (Å²) in [6.45, 7) is 21.5. The van der Waals surface area contributed by atoms with E-state index in [1.807, 2.05) is 20.3 Å². The molecule has 1 nitrogen and oxygen atoms in total. The van der Waals surface area contributed by atoms with Crippen LogP contribution in [0, 0.1) is 55.3 Å². The van der Waals surface area contributed by atoms with E-state index in [-0.39, 0.29) is 31.1 Å². The van der Waals surface area contributed by atoms with E-state index in [0.717, 1.165) is 18.7 Å². The van der Waals surface area contributed by atoms with Crippen LogP contribution in [0.15, 0.2) is 24.3 Å². The maximum Gasteiger partial charge on any atom is 2.00 e. The summed E-state index contributed by atoms with van der Waals surface area (Å²) in [6, 6.07) is 8.42. The normalized spacial score (nSPS) is 11.2.